The van der Waals surface area contributed by atoms with E-state index in [0.717, 1.165) is 12.1 Å². The predicted octanol–water partition coefficient (Wildman–Crippen LogP) is 4.50. The summed E-state index contributed by atoms with van der Waals surface area (Å²) in [5.41, 5.74) is -0.139. The third kappa shape index (κ3) is 4.43. The summed E-state index contributed by atoms with van der Waals surface area (Å²) in [6.07, 6.45) is -5.66. The summed E-state index contributed by atoms with van der Waals surface area (Å²) in [5, 5.41) is 5.34. The minimum atomic E-state index is -4.62. The second-order valence-electron chi connectivity index (χ2n) is 6.99. The molecule has 0 saturated carbocycles. The van der Waals surface area contributed by atoms with Gasteiger partial charge in [-0.15, -0.1) is 0 Å². The van der Waals surface area contributed by atoms with Gasteiger partial charge in [-0.1, -0.05) is 12.1 Å². The first kappa shape index (κ1) is 21.8. The van der Waals surface area contributed by atoms with E-state index in [9.17, 15) is 30.8 Å². The monoisotopic (exact) mass is 465 g/mol. The standard InChI is InChI=1S/C21H15F4N3O3S/c22-15-6-8-16(9-7-15)26-20(29)13-3-1-12(2-4-13)19-27-17-11-14(21(23,24)25)5-10-18(17)32(30,31)28-19/h1-11,19,27-28H,(H,26,29)/t19-/m1/s1. The number of alkyl halides is 3. The minimum absolute atomic E-state index is 0.179. The van der Waals surface area contributed by atoms with Crippen molar-refractivity contribution in [3.63, 3.8) is 0 Å². The minimum Gasteiger partial charge on any atom is -0.364 e. The first-order chi connectivity index (χ1) is 15.0. The van der Waals surface area contributed by atoms with E-state index in [-0.39, 0.29) is 16.1 Å². The second kappa shape index (κ2) is 7.92. The molecular weight excluding hydrogens is 450 g/mol. The van der Waals surface area contributed by atoms with Crippen LogP contribution >= 0.6 is 0 Å². The zero-order chi connectivity index (χ0) is 23.1. The lowest BCUT2D eigenvalue weighted by Crippen LogP contribution is -2.38. The zero-order valence-electron chi connectivity index (χ0n) is 16.1. The molecule has 166 valence electrons. The van der Waals surface area contributed by atoms with Crippen molar-refractivity contribution in [2.24, 2.45) is 0 Å². The average molecular weight is 465 g/mol. The number of anilines is 2. The van der Waals surface area contributed by atoms with Gasteiger partial charge in [0.25, 0.3) is 5.91 Å². The van der Waals surface area contributed by atoms with Crippen molar-refractivity contribution in [1.29, 1.82) is 0 Å². The van der Waals surface area contributed by atoms with Gasteiger partial charge in [0.1, 0.15) is 16.9 Å². The highest BCUT2D eigenvalue weighted by molar-refractivity contribution is 7.89. The first-order valence-electron chi connectivity index (χ1n) is 9.20. The van der Waals surface area contributed by atoms with Crippen molar-refractivity contribution in [3.05, 3.63) is 89.2 Å². The SMILES string of the molecule is O=C(Nc1ccc(F)cc1)c1ccc([C@@H]2Nc3cc(C(F)(F)F)ccc3S(=O)(=O)N2)cc1. The number of halogens is 4. The Morgan fingerprint density at radius 2 is 1.59 bits per heavy atom. The van der Waals surface area contributed by atoms with Crippen molar-refractivity contribution < 1.29 is 30.8 Å². The lowest BCUT2D eigenvalue weighted by Gasteiger charge is -2.29. The van der Waals surface area contributed by atoms with Crippen LogP contribution in [0.4, 0.5) is 28.9 Å². The topological polar surface area (TPSA) is 87.3 Å². The number of hydrogen-bond donors (Lipinski definition) is 3. The number of carbonyl (C=O) groups excluding carboxylic acids is 1. The molecule has 0 bridgehead atoms. The summed E-state index contributed by atoms with van der Waals surface area (Å²) in [6, 6.07) is 13.3. The molecule has 1 aliphatic rings. The van der Waals surface area contributed by atoms with Crippen LogP contribution in [0.5, 0.6) is 0 Å². The number of benzene rings is 3. The fourth-order valence-corrected chi connectivity index (χ4v) is 4.46. The van der Waals surface area contributed by atoms with Crippen molar-refractivity contribution in [2.75, 3.05) is 10.6 Å². The summed E-state index contributed by atoms with van der Waals surface area (Å²) < 4.78 is 79.4. The van der Waals surface area contributed by atoms with Crippen LogP contribution in [0.2, 0.25) is 0 Å². The van der Waals surface area contributed by atoms with Crippen LogP contribution < -0.4 is 15.4 Å². The van der Waals surface area contributed by atoms with Gasteiger partial charge in [0.2, 0.25) is 10.0 Å². The molecule has 0 saturated heterocycles. The van der Waals surface area contributed by atoms with Gasteiger partial charge in [0, 0.05) is 11.3 Å². The average Bonchev–Trinajstić information content (AvgIpc) is 2.74. The second-order valence-corrected chi connectivity index (χ2v) is 8.67. The third-order valence-electron chi connectivity index (χ3n) is 4.78. The lowest BCUT2D eigenvalue weighted by molar-refractivity contribution is -0.137. The molecule has 0 aromatic heterocycles. The normalized spacial score (nSPS) is 17.2. The molecule has 1 heterocycles. The lowest BCUT2D eigenvalue weighted by atomic mass is 10.1. The van der Waals surface area contributed by atoms with Crippen LogP contribution in [0, 0.1) is 5.82 Å². The maximum absolute atomic E-state index is 13.0. The fraction of sp³-hybridized carbons (Fsp3) is 0.0952. The highest BCUT2D eigenvalue weighted by Gasteiger charge is 2.35. The molecule has 1 aliphatic heterocycles. The summed E-state index contributed by atoms with van der Waals surface area (Å²) in [5.74, 6) is -0.917. The molecule has 0 radical (unpaired) electrons. The molecule has 4 rings (SSSR count). The Hall–Kier alpha value is -3.44. The van der Waals surface area contributed by atoms with Crippen molar-refractivity contribution in [2.45, 2.75) is 17.2 Å². The molecule has 3 aromatic carbocycles. The number of carbonyl (C=O) groups is 1. The van der Waals surface area contributed by atoms with E-state index in [0.29, 0.717) is 17.3 Å². The van der Waals surface area contributed by atoms with E-state index in [1.807, 2.05) is 0 Å². The van der Waals surface area contributed by atoms with Crippen molar-refractivity contribution in [1.82, 2.24) is 4.72 Å². The Labute approximate surface area is 180 Å². The quantitative estimate of drug-likeness (QED) is 0.497. The Kier molecular flexibility index (Phi) is 5.39. The largest absolute Gasteiger partial charge is 0.416 e. The Morgan fingerprint density at radius 3 is 2.22 bits per heavy atom. The molecule has 1 amide bonds. The van der Waals surface area contributed by atoms with E-state index in [1.54, 1.807) is 0 Å². The van der Waals surface area contributed by atoms with Crippen molar-refractivity contribution >= 4 is 27.3 Å². The smallest absolute Gasteiger partial charge is 0.364 e. The molecule has 0 unspecified atom stereocenters. The van der Waals surface area contributed by atoms with E-state index in [4.69, 9.17) is 0 Å². The molecule has 6 nitrogen and oxygen atoms in total. The molecule has 0 aliphatic carbocycles. The summed E-state index contributed by atoms with van der Waals surface area (Å²) >= 11 is 0. The van der Waals surface area contributed by atoms with Gasteiger partial charge in [-0.05, 0) is 60.2 Å². The van der Waals surface area contributed by atoms with Crippen LogP contribution in [0.25, 0.3) is 0 Å². The predicted molar refractivity (Wildman–Crippen MR) is 109 cm³/mol. The maximum atomic E-state index is 13.0. The van der Waals surface area contributed by atoms with Gasteiger partial charge < -0.3 is 10.6 Å². The van der Waals surface area contributed by atoms with Gasteiger partial charge in [-0.2, -0.15) is 17.9 Å². The van der Waals surface area contributed by atoms with E-state index in [2.05, 4.69) is 15.4 Å². The maximum Gasteiger partial charge on any atom is 0.416 e. The van der Waals surface area contributed by atoms with E-state index < -0.39 is 39.7 Å². The van der Waals surface area contributed by atoms with Crippen molar-refractivity contribution in [3.8, 4) is 0 Å². The molecule has 3 aromatic rings. The molecular formula is C21H15F4N3O3S. The Morgan fingerprint density at radius 1 is 0.938 bits per heavy atom. The van der Waals surface area contributed by atoms with Gasteiger partial charge in [0.15, 0.2) is 0 Å². The first-order valence-corrected chi connectivity index (χ1v) is 10.7. The van der Waals surface area contributed by atoms with Crippen LogP contribution in [0.1, 0.15) is 27.7 Å². The number of sulfonamides is 1. The number of hydrogen-bond acceptors (Lipinski definition) is 4. The van der Waals surface area contributed by atoms with Gasteiger partial charge in [-0.3, -0.25) is 4.79 Å². The third-order valence-corrected chi connectivity index (χ3v) is 6.26. The number of fused-ring (bicyclic) bond motifs is 1. The van der Waals surface area contributed by atoms with Gasteiger partial charge in [0.05, 0.1) is 11.3 Å². The highest BCUT2D eigenvalue weighted by Crippen LogP contribution is 2.37. The Bertz CT molecular complexity index is 1280. The summed E-state index contributed by atoms with van der Waals surface area (Å²) in [7, 11) is -4.06. The molecule has 0 spiro atoms. The molecule has 1 atom stereocenters. The fourth-order valence-electron chi connectivity index (χ4n) is 3.17. The van der Waals surface area contributed by atoms with Gasteiger partial charge >= 0.3 is 6.18 Å². The van der Waals surface area contributed by atoms with Crippen LogP contribution in [-0.2, 0) is 16.2 Å². The number of rotatable bonds is 3. The van der Waals surface area contributed by atoms with Crippen LogP contribution in [-0.4, -0.2) is 14.3 Å². The molecule has 3 N–H and O–H groups in total. The number of nitrogens with one attached hydrogen (secondary N) is 3. The van der Waals surface area contributed by atoms with E-state index >= 15 is 0 Å². The van der Waals surface area contributed by atoms with Gasteiger partial charge in [-0.25, -0.2) is 12.8 Å². The summed E-state index contributed by atoms with van der Waals surface area (Å²) in [4.78, 5) is 12.1. The molecule has 32 heavy (non-hydrogen) atoms. The number of amides is 1. The Balaban J connectivity index is 1.55. The zero-order valence-corrected chi connectivity index (χ0v) is 16.9. The summed E-state index contributed by atoms with van der Waals surface area (Å²) in [6.45, 7) is 0. The highest BCUT2D eigenvalue weighted by atomic mass is 32.2. The molecule has 0 fully saturated rings. The van der Waals surface area contributed by atoms with Crippen LogP contribution in [0.3, 0.4) is 0 Å². The van der Waals surface area contributed by atoms with Crippen LogP contribution in [0.15, 0.2) is 71.6 Å². The van der Waals surface area contributed by atoms with E-state index in [1.165, 1.54) is 48.5 Å². The molecule has 11 heteroatoms.